The van der Waals surface area contributed by atoms with Crippen molar-refractivity contribution in [2.45, 2.75) is 122 Å². The molecule has 50 heavy (non-hydrogen) atoms. The molecule has 2 aliphatic rings. The van der Waals surface area contributed by atoms with Crippen molar-refractivity contribution >= 4 is 17.6 Å². The molecule has 0 N–H and O–H groups in total. The maximum absolute atomic E-state index is 3.89. The minimum absolute atomic E-state index is 0.509. The molecule has 0 radical (unpaired) electrons. The van der Waals surface area contributed by atoms with Crippen LogP contribution in [0.15, 0.2) is 84.9 Å². The van der Waals surface area contributed by atoms with E-state index in [1.807, 2.05) is 0 Å². The molecule has 0 bridgehead atoms. The van der Waals surface area contributed by atoms with E-state index in [1.165, 1.54) is 67.7 Å². The first kappa shape index (κ1) is 37.2. The van der Waals surface area contributed by atoms with Crippen LogP contribution in [0.5, 0.6) is 0 Å². The molecule has 0 aliphatic heterocycles. The SMILES string of the molecule is CC[Si](CC)=[Hf]([CH3])([CH3])([CH]1C=Cc2c(-c3cc(C(C)C)cc(C(C)C)c3)cccc21)[CH]1C=Cc2c(-c3cc(C(C)C)cc(C(C)C)c3)cccc21. The van der Waals surface area contributed by atoms with Gasteiger partial charge in [-0.1, -0.05) is 0 Å². The summed E-state index contributed by atoms with van der Waals surface area (Å²) in [6.45, 7) is 23.7. The van der Waals surface area contributed by atoms with E-state index in [1.54, 1.807) is 11.1 Å². The molecule has 4 aromatic carbocycles. The summed E-state index contributed by atoms with van der Waals surface area (Å²) in [6.07, 6.45) is 10.5. The molecule has 0 saturated heterocycles. The van der Waals surface area contributed by atoms with Crippen LogP contribution in [-0.2, 0) is 17.1 Å². The Morgan fingerprint density at radius 1 is 0.520 bits per heavy atom. The summed E-state index contributed by atoms with van der Waals surface area (Å²) >= 11 is -3.89. The predicted octanol–water partition coefficient (Wildman–Crippen LogP) is 15.2. The van der Waals surface area contributed by atoms with E-state index in [-0.39, 0.29) is 0 Å². The van der Waals surface area contributed by atoms with Gasteiger partial charge in [0.15, 0.2) is 0 Å². The number of fused-ring (bicyclic) bond motifs is 2. The van der Waals surface area contributed by atoms with Gasteiger partial charge in [0.1, 0.15) is 0 Å². The molecule has 2 heteroatoms. The maximum atomic E-state index is 2.90. The van der Waals surface area contributed by atoms with Crippen LogP contribution >= 0.6 is 0 Å². The molecule has 2 aliphatic carbocycles. The van der Waals surface area contributed by atoms with E-state index in [9.17, 15) is 0 Å². The normalized spacial score (nSPS) is 17.1. The van der Waals surface area contributed by atoms with Crippen molar-refractivity contribution in [2.75, 3.05) is 0 Å². The molecule has 2 atom stereocenters. The summed E-state index contributed by atoms with van der Waals surface area (Å²) in [5.41, 5.74) is 17.0. The van der Waals surface area contributed by atoms with Crippen molar-refractivity contribution < 1.29 is 17.1 Å². The van der Waals surface area contributed by atoms with Gasteiger partial charge in [0, 0.05) is 0 Å². The predicted molar refractivity (Wildman–Crippen MR) is 222 cm³/mol. The van der Waals surface area contributed by atoms with Gasteiger partial charge in [0.2, 0.25) is 0 Å². The van der Waals surface area contributed by atoms with Crippen molar-refractivity contribution in [3.63, 3.8) is 0 Å². The van der Waals surface area contributed by atoms with Crippen molar-refractivity contribution in [3.8, 4) is 22.3 Å². The Labute approximate surface area is 306 Å². The van der Waals surface area contributed by atoms with Gasteiger partial charge in [-0.15, -0.1) is 0 Å². The first-order chi connectivity index (χ1) is 23.7. The first-order valence-electron chi connectivity index (χ1n) is 19.7. The van der Waals surface area contributed by atoms with E-state index >= 15 is 0 Å². The van der Waals surface area contributed by atoms with Crippen LogP contribution in [-0.4, -0.2) is 5.49 Å². The molecular weight excluding hydrogens is 783 g/mol. The van der Waals surface area contributed by atoms with E-state index in [4.69, 9.17) is 0 Å². The van der Waals surface area contributed by atoms with E-state index in [2.05, 4.69) is 176 Å². The summed E-state index contributed by atoms with van der Waals surface area (Å²) in [5.74, 6) is 2.04. The number of hydrogen-bond donors (Lipinski definition) is 0. The first-order valence-corrected chi connectivity index (χ1v) is 38.3. The second-order valence-corrected chi connectivity index (χ2v) is 64.0. The molecule has 0 amide bonds. The van der Waals surface area contributed by atoms with Gasteiger partial charge >= 0.3 is 308 Å². The third-order valence-corrected chi connectivity index (χ3v) is 71.1. The zero-order valence-corrected chi connectivity index (χ0v) is 37.7. The van der Waals surface area contributed by atoms with Gasteiger partial charge in [0.05, 0.1) is 0 Å². The third kappa shape index (κ3) is 6.29. The molecule has 0 nitrogen and oxygen atoms in total. The number of benzene rings is 4. The summed E-state index contributed by atoms with van der Waals surface area (Å²) in [7, 11) is 0. The number of rotatable bonds is 10. The van der Waals surface area contributed by atoms with Crippen molar-refractivity contribution in [3.05, 3.63) is 129 Å². The number of allylic oxidation sites excluding steroid dienone is 2. The van der Waals surface area contributed by atoms with Crippen molar-refractivity contribution in [1.82, 2.24) is 0 Å². The van der Waals surface area contributed by atoms with Crippen LogP contribution in [0, 0.1) is 0 Å². The average molecular weight is 846 g/mol. The zero-order chi connectivity index (χ0) is 36.1. The fraction of sp³-hybridized carbons (Fsp3) is 0.417. The van der Waals surface area contributed by atoms with E-state index in [0.29, 0.717) is 31.0 Å². The van der Waals surface area contributed by atoms with Crippen LogP contribution in [0.2, 0.25) is 21.4 Å². The van der Waals surface area contributed by atoms with E-state index < -0.39 is 22.6 Å². The molecule has 0 spiro atoms. The molecule has 0 aromatic heterocycles. The summed E-state index contributed by atoms with van der Waals surface area (Å²) in [5, 5.41) is 0. The Balaban J connectivity index is 1.53. The van der Waals surface area contributed by atoms with Crippen LogP contribution < -0.4 is 0 Å². The second kappa shape index (κ2) is 14.1. The average Bonchev–Trinajstić information content (AvgIpc) is 3.74. The van der Waals surface area contributed by atoms with Gasteiger partial charge in [0.25, 0.3) is 0 Å². The van der Waals surface area contributed by atoms with Gasteiger partial charge < -0.3 is 0 Å². The molecule has 2 unspecified atom stereocenters. The van der Waals surface area contributed by atoms with Gasteiger partial charge in [-0.3, -0.25) is 0 Å². The zero-order valence-electron chi connectivity index (χ0n) is 33.1. The minimum atomic E-state index is -3.89. The fourth-order valence-corrected chi connectivity index (χ4v) is 66.0. The Bertz CT molecular complexity index is 1860. The van der Waals surface area contributed by atoms with Crippen molar-refractivity contribution in [1.29, 1.82) is 0 Å². The third-order valence-electron chi connectivity index (χ3n) is 13.0. The Morgan fingerprint density at radius 3 is 1.16 bits per heavy atom. The van der Waals surface area contributed by atoms with Gasteiger partial charge in [-0.25, -0.2) is 0 Å². The Kier molecular flexibility index (Phi) is 10.5. The van der Waals surface area contributed by atoms with Gasteiger partial charge in [-0.2, -0.15) is 0 Å². The Morgan fingerprint density at radius 2 is 0.860 bits per heavy atom. The molecular formula is C48H62HfSi. The number of hydrogen-bond acceptors (Lipinski definition) is 0. The summed E-state index contributed by atoms with van der Waals surface area (Å²) < 4.78 is 6.90. The standard InChI is InChI=1S/2C21H23.C4H10Si.2CH3.Hf/c2*1-14(2)17-11-18(15(3)4)13-19(12-17)21-10-6-8-16-7-5-9-20(16)21;1-3-5-4-2;;;/h2*5-15H,1-4H3;3-4H2,1-2H3;2*1H3;. The van der Waals surface area contributed by atoms with Crippen molar-refractivity contribution in [2.24, 2.45) is 0 Å². The molecule has 0 saturated carbocycles. The van der Waals surface area contributed by atoms with Crippen LogP contribution in [0.3, 0.4) is 0 Å². The quantitative estimate of drug-likeness (QED) is 0.140. The molecule has 262 valence electrons. The summed E-state index contributed by atoms with van der Waals surface area (Å²) in [4.78, 5) is 0. The van der Waals surface area contributed by atoms with Crippen LogP contribution in [0.4, 0.5) is 0 Å². The molecule has 0 heterocycles. The monoisotopic (exact) mass is 846 g/mol. The fourth-order valence-electron chi connectivity index (χ4n) is 9.72. The second-order valence-electron chi connectivity index (χ2n) is 17.6. The van der Waals surface area contributed by atoms with Crippen LogP contribution in [0.1, 0.15) is 145 Å². The Hall–Kier alpha value is -2.55. The van der Waals surface area contributed by atoms with E-state index in [0.717, 1.165) is 0 Å². The molecule has 6 rings (SSSR count). The van der Waals surface area contributed by atoms with Crippen LogP contribution in [0.25, 0.3) is 34.4 Å². The van der Waals surface area contributed by atoms with Gasteiger partial charge in [-0.05, 0) is 0 Å². The topological polar surface area (TPSA) is 0 Å². The molecule has 4 aromatic rings. The molecule has 0 fully saturated rings. The summed E-state index contributed by atoms with van der Waals surface area (Å²) in [6, 6.07) is 32.0.